The molecule has 5 heteroatoms. The summed E-state index contributed by atoms with van der Waals surface area (Å²) in [6.07, 6.45) is 2.66. The molecule has 22 heavy (non-hydrogen) atoms. The molecular weight excluding hydrogens is 280 g/mol. The number of hydrogen-bond acceptors (Lipinski definition) is 3. The number of nitrogens with one attached hydrogen (secondary N) is 2. The van der Waals surface area contributed by atoms with Crippen molar-refractivity contribution in [3.63, 3.8) is 0 Å². The number of hydrogen-bond donors (Lipinski definition) is 2. The van der Waals surface area contributed by atoms with E-state index in [1.807, 2.05) is 44.3 Å². The second-order valence-corrected chi connectivity index (χ2v) is 5.80. The van der Waals surface area contributed by atoms with Gasteiger partial charge in [0.1, 0.15) is 6.04 Å². The molecule has 1 amide bonds. The number of aromatic amines is 1. The first-order valence-corrected chi connectivity index (χ1v) is 7.43. The van der Waals surface area contributed by atoms with E-state index in [-0.39, 0.29) is 11.8 Å². The molecule has 1 heterocycles. The topological polar surface area (TPSA) is 71.2 Å². The highest BCUT2D eigenvalue weighted by Crippen LogP contribution is 2.19. The molecule has 2 aromatic rings. The molecule has 1 atom stereocenters. The van der Waals surface area contributed by atoms with Crippen molar-refractivity contribution in [3.05, 3.63) is 36.0 Å². The third kappa shape index (κ3) is 3.87. The number of aromatic nitrogens is 1. The van der Waals surface area contributed by atoms with Crippen LogP contribution in [-0.2, 0) is 20.7 Å². The fourth-order valence-corrected chi connectivity index (χ4v) is 2.48. The third-order valence-electron chi connectivity index (χ3n) is 3.51. The zero-order valence-corrected chi connectivity index (χ0v) is 13.2. The van der Waals surface area contributed by atoms with Crippen LogP contribution in [0.5, 0.6) is 0 Å². The van der Waals surface area contributed by atoms with Crippen LogP contribution in [0.3, 0.4) is 0 Å². The Hall–Kier alpha value is -2.30. The predicted octanol–water partition coefficient (Wildman–Crippen LogP) is 2.41. The van der Waals surface area contributed by atoms with Gasteiger partial charge in [-0.25, -0.2) is 4.79 Å². The monoisotopic (exact) mass is 302 g/mol. The van der Waals surface area contributed by atoms with Crippen LogP contribution in [0.4, 0.5) is 0 Å². The zero-order chi connectivity index (χ0) is 16.1. The van der Waals surface area contributed by atoms with E-state index >= 15 is 0 Å². The van der Waals surface area contributed by atoms with Crippen LogP contribution < -0.4 is 5.32 Å². The van der Waals surface area contributed by atoms with E-state index in [9.17, 15) is 9.59 Å². The van der Waals surface area contributed by atoms with E-state index in [4.69, 9.17) is 4.74 Å². The number of H-pyrrole nitrogens is 1. The Kier molecular flexibility index (Phi) is 5.20. The van der Waals surface area contributed by atoms with Gasteiger partial charge >= 0.3 is 5.97 Å². The highest BCUT2D eigenvalue weighted by Gasteiger charge is 2.23. The lowest BCUT2D eigenvalue weighted by atomic mass is 10.0. The third-order valence-corrected chi connectivity index (χ3v) is 3.51. The van der Waals surface area contributed by atoms with Gasteiger partial charge in [-0.1, -0.05) is 32.0 Å². The summed E-state index contributed by atoms with van der Waals surface area (Å²) < 4.78 is 4.82. The van der Waals surface area contributed by atoms with Crippen molar-refractivity contribution in [2.75, 3.05) is 7.11 Å². The molecule has 0 fully saturated rings. The fraction of sp³-hybridized carbons (Fsp3) is 0.412. The molecule has 2 rings (SSSR count). The van der Waals surface area contributed by atoms with Crippen molar-refractivity contribution in [2.45, 2.75) is 32.7 Å². The minimum Gasteiger partial charge on any atom is -0.467 e. The summed E-state index contributed by atoms with van der Waals surface area (Å²) in [6.45, 7) is 3.93. The Morgan fingerprint density at radius 3 is 2.68 bits per heavy atom. The molecule has 1 aromatic heterocycles. The normalized spacial score (nSPS) is 12.4. The Balaban J connectivity index is 2.16. The minimum atomic E-state index is -0.671. The number of fused-ring (bicyclic) bond motifs is 1. The summed E-state index contributed by atoms with van der Waals surface area (Å²) in [5.41, 5.74) is 1.99. The number of carbonyl (C=O) groups excluding carboxylic acids is 2. The Bertz CT molecular complexity index is 661. The molecule has 0 aliphatic carbocycles. The number of rotatable bonds is 6. The van der Waals surface area contributed by atoms with E-state index in [1.54, 1.807) is 0 Å². The number of esters is 1. The van der Waals surface area contributed by atoms with E-state index in [0.717, 1.165) is 16.5 Å². The molecule has 0 saturated heterocycles. The number of amides is 1. The Morgan fingerprint density at radius 2 is 2.00 bits per heavy atom. The number of para-hydroxylation sites is 1. The standard InChI is InChI=1S/C17H22N2O3/c1-11(2)8-16(20)19-15(17(21)22-3)9-12-10-18-14-7-5-4-6-13(12)14/h4-7,10-11,15,18H,8-9H2,1-3H3,(H,19,20)/t15-/m1/s1. The fourth-order valence-electron chi connectivity index (χ4n) is 2.48. The van der Waals surface area contributed by atoms with Gasteiger partial charge in [-0.05, 0) is 17.5 Å². The summed E-state index contributed by atoms with van der Waals surface area (Å²) >= 11 is 0. The van der Waals surface area contributed by atoms with Gasteiger partial charge in [-0.2, -0.15) is 0 Å². The van der Waals surface area contributed by atoms with Crippen LogP contribution in [0.2, 0.25) is 0 Å². The molecule has 0 aliphatic heterocycles. The predicted molar refractivity (Wildman–Crippen MR) is 85.4 cm³/mol. The van der Waals surface area contributed by atoms with Crippen molar-refractivity contribution in [2.24, 2.45) is 5.92 Å². The smallest absolute Gasteiger partial charge is 0.328 e. The SMILES string of the molecule is COC(=O)[C@@H](Cc1c[nH]c2ccccc12)NC(=O)CC(C)C. The molecular formula is C17H22N2O3. The first-order valence-electron chi connectivity index (χ1n) is 7.43. The second-order valence-electron chi connectivity index (χ2n) is 5.80. The van der Waals surface area contributed by atoms with Gasteiger partial charge in [0.05, 0.1) is 7.11 Å². The molecule has 0 unspecified atom stereocenters. The largest absolute Gasteiger partial charge is 0.467 e. The maximum Gasteiger partial charge on any atom is 0.328 e. The Morgan fingerprint density at radius 1 is 1.27 bits per heavy atom. The highest BCUT2D eigenvalue weighted by molar-refractivity contribution is 5.87. The van der Waals surface area contributed by atoms with Crippen molar-refractivity contribution < 1.29 is 14.3 Å². The van der Waals surface area contributed by atoms with Crippen LogP contribution in [0, 0.1) is 5.92 Å². The van der Waals surface area contributed by atoms with Crippen molar-refractivity contribution in [1.82, 2.24) is 10.3 Å². The molecule has 0 saturated carbocycles. The first-order chi connectivity index (χ1) is 10.5. The van der Waals surface area contributed by atoms with Crippen molar-refractivity contribution in [3.8, 4) is 0 Å². The molecule has 0 aliphatic rings. The van der Waals surface area contributed by atoms with Gasteiger partial charge in [0.2, 0.25) is 5.91 Å². The Labute approximate surface area is 130 Å². The lowest BCUT2D eigenvalue weighted by Gasteiger charge is -2.17. The summed E-state index contributed by atoms with van der Waals surface area (Å²) in [4.78, 5) is 27.1. The van der Waals surface area contributed by atoms with Gasteiger partial charge in [0.25, 0.3) is 0 Å². The molecule has 2 N–H and O–H groups in total. The molecule has 0 spiro atoms. The van der Waals surface area contributed by atoms with Gasteiger partial charge in [0.15, 0.2) is 0 Å². The van der Waals surface area contributed by atoms with Crippen LogP contribution in [0.25, 0.3) is 10.9 Å². The van der Waals surface area contributed by atoms with Gasteiger partial charge in [0, 0.05) is 29.9 Å². The van der Waals surface area contributed by atoms with Crippen molar-refractivity contribution in [1.29, 1.82) is 0 Å². The second kappa shape index (κ2) is 7.11. The van der Waals surface area contributed by atoms with E-state index < -0.39 is 12.0 Å². The van der Waals surface area contributed by atoms with E-state index in [1.165, 1.54) is 7.11 Å². The zero-order valence-electron chi connectivity index (χ0n) is 13.2. The average molecular weight is 302 g/mol. The van der Waals surface area contributed by atoms with Crippen LogP contribution in [-0.4, -0.2) is 30.0 Å². The highest BCUT2D eigenvalue weighted by atomic mass is 16.5. The summed E-state index contributed by atoms with van der Waals surface area (Å²) in [5, 5.41) is 3.83. The quantitative estimate of drug-likeness (QED) is 0.805. The number of benzene rings is 1. The van der Waals surface area contributed by atoms with Crippen LogP contribution in [0.1, 0.15) is 25.8 Å². The molecule has 118 valence electrons. The van der Waals surface area contributed by atoms with Crippen LogP contribution in [0.15, 0.2) is 30.5 Å². The maximum absolute atomic E-state index is 11.9. The molecule has 1 aromatic carbocycles. The first kappa shape index (κ1) is 16.1. The summed E-state index contributed by atoms with van der Waals surface area (Å²) in [6, 6.07) is 7.19. The lowest BCUT2D eigenvalue weighted by molar-refractivity contribution is -0.145. The average Bonchev–Trinajstić information content (AvgIpc) is 2.88. The van der Waals surface area contributed by atoms with Crippen LogP contribution >= 0.6 is 0 Å². The molecule has 0 bridgehead atoms. The lowest BCUT2D eigenvalue weighted by Crippen LogP contribution is -2.43. The summed E-state index contributed by atoms with van der Waals surface area (Å²) in [7, 11) is 1.33. The number of methoxy groups -OCH3 is 1. The maximum atomic E-state index is 11.9. The minimum absolute atomic E-state index is 0.134. The van der Waals surface area contributed by atoms with E-state index in [2.05, 4.69) is 10.3 Å². The van der Waals surface area contributed by atoms with Crippen molar-refractivity contribution >= 4 is 22.8 Å². The number of ether oxygens (including phenoxy) is 1. The molecule has 5 nitrogen and oxygen atoms in total. The number of carbonyl (C=O) groups is 2. The van der Waals surface area contributed by atoms with E-state index in [0.29, 0.717) is 12.8 Å². The van der Waals surface area contributed by atoms with Gasteiger partial charge < -0.3 is 15.0 Å². The summed E-state index contributed by atoms with van der Waals surface area (Å²) in [5.74, 6) is -0.320. The van der Waals surface area contributed by atoms with Gasteiger partial charge in [-0.15, -0.1) is 0 Å². The molecule has 0 radical (unpaired) electrons. The van der Waals surface area contributed by atoms with Gasteiger partial charge in [-0.3, -0.25) is 4.79 Å².